The predicted molar refractivity (Wildman–Crippen MR) is 103 cm³/mol. The number of rotatable bonds is 3. The molecule has 25 heavy (non-hydrogen) atoms. The molecule has 2 aromatic carbocycles. The lowest BCUT2D eigenvalue weighted by Gasteiger charge is -2.12. The zero-order chi connectivity index (χ0) is 18.0. The SMILES string of the molecule is CCc1ccc(-c2cc(-c3ccc(C)c(C)c3)nc(N)c2C#N)cc1. The molecule has 0 bridgehead atoms. The van der Waals surface area contributed by atoms with Gasteiger partial charge in [-0.1, -0.05) is 43.3 Å². The number of anilines is 1. The van der Waals surface area contributed by atoms with Crippen molar-refractivity contribution in [2.45, 2.75) is 27.2 Å². The van der Waals surface area contributed by atoms with Crippen molar-refractivity contribution in [1.82, 2.24) is 4.98 Å². The molecule has 3 aromatic rings. The van der Waals surface area contributed by atoms with Crippen LogP contribution in [0.3, 0.4) is 0 Å². The Bertz CT molecular complexity index is 964. The van der Waals surface area contributed by atoms with E-state index in [0.717, 1.165) is 28.8 Å². The molecule has 0 radical (unpaired) electrons. The first-order valence-electron chi connectivity index (χ1n) is 8.41. The number of aryl methyl sites for hydroxylation is 3. The van der Waals surface area contributed by atoms with E-state index in [2.05, 4.69) is 56.1 Å². The molecule has 3 nitrogen and oxygen atoms in total. The Labute approximate surface area is 148 Å². The Morgan fingerprint density at radius 2 is 1.64 bits per heavy atom. The van der Waals surface area contributed by atoms with Crippen molar-refractivity contribution in [3.63, 3.8) is 0 Å². The van der Waals surface area contributed by atoms with Gasteiger partial charge in [0.15, 0.2) is 0 Å². The van der Waals surface area contributed by atoms with Crippen LogP contribution in [0.2, 0.25) is 0 Å². The number of nitrogens with zero attached hydrogens (tertiary/aromatic N) is 2. The van der Waals surface area contributed by atoms with Gasteiger partial charge in [0, 0.05) is 11.1 Å². The number of aromatic nitrogens is 1. The number of nitrogens with two attached hydrogens (primary N) is 1. The third-order valence-corrected chi connectivity index (χ3v) is 4.64. The summed E-state index contributed by atoms with van der Waals surface area (Å²) in [6, 6.07) is 18.6. The smallest absolute Gasteiger partial charge is 0.142 e. The van der Waals surface area contributed by atoms with Crippen molar-refractivity contribution < 1.29 is 0 Å². The molecular formula is C22H21N3. The van der Waals surface area contributed by atoms with Gasteiger partial charge < -0.3 is 5.73 Å². The largest absolute Gasteiger partial charge is 0.383 e. The maximum atomic E-state index is 9.53. The minimum absolute atomic E-state index is 0.271. The van der Waals surface area contributed by atoms with E-state index in [0.29, 0.717) is 5.56 Å². The molecule has 0 unspecified atom stereocenters. The minimum atomic E-state index is 0.271. The average Bonchev–Trinajstić information content (AvgIpc) is 2.63. The van der Waals surface area contributed by atoms with Gasteiger partial charge in [-0.25, -0.2) is 4.98 Å². The van der Waals surface area contributed by atoms with Crippen molar-refractivity contribution in [3.8, 4) is 28.5 Å². The first-order chi connectivity index (χ1) is 12.0. The zero-order valence-corrected chi connectivity index (χ0v) is 14.8. The number of pyridine rings is 1. The van der Waals surface area contributed by atoms with Gasteiger partial charge in [0.25, 0.3) is 0 Å². The van der Waals surface area contributed by atoms with Crippen LogP contribution in [0, 0.1) is 25.2 Å². The van der Waals surface area contributed by atoms with E-state index in [-0.39, 0.29) is 5.82 Å². The summed E-state index contributed by atoms with van der Waals surface area (Å²) < 4.78 is 0. The zero-order valence-electron chi connectivity index (χ0n) is 14.8. The molecule has 0 aliphatic rings. The summed E-state index contributed by atoms with van der Waals surface area (Å²) >= 11 is 0. The lowest BCUT2D eigenvalue weighted by molar-refractivity contribution is 1.14. The third-order valence-electron chi connectivity index (χ3n) is 4.64. The number of nitrogen functional groups attached to an aromatic ring is 1. The highest BCUT2D eigenvalue weighted by molar-refractivity contribution is 5.80. The fourth-order valence-corrected chi connectivity index (χ4v) is 2.88. The van der Waals surface area contributed by atoms with E-state index in [4.69, 9.17) is 5.73 Å². The second-order valence-corrected chi connectivity index (χ2v) is 6.28. The highest BCUT2D eigenvalue weighted by Gasteiger charge is 2.13. The van der Waals surface area contributed by atoms with Crippen LogP contribution in [0.25, 0.3) is 22.4 Å². The Balaban J connectivity index is 2.18. The summed E-state index contributed by atoms with van der Waals surface area (Å²) in [6.07, 6.45) is 0.984. The molecule has 0 saturated heterocycles. The van der Waals surface area contributed by atoms with Gasteiger partial charge in [-0.2, -0.15) is 5.26 Å². The van der Waals surface area contributed by atoms with Crippen LogP contribution in [0.15, 0.2) is 48.5 Å². The van der Waals surface area contributed by atoms with Gasteiger partial charge in [0.1, 0.15) is 17.5 Å². The standard InChI is InChI=1S/C22H21N3/c1-4-16-6-9-17(10-7-16)19-12-21(25-22(24)20(19)13-23)18-8-5-14(2)15(3)11-18/h5-12H,4H2,1-3H3,(H2,24,25). The monoisotopic (exact) mass is 327 g/mol. The molecule has 0 fully saturated rings. The van der Waals surface area contributed by atoms with Crippen molar-refractivity contribution in [2.24, 2.45) is 0 Å². The van der Waals surface area contributed by atoms with Gasteiger partial charge in [0.2, 0.25) is 0 Å². The molecule has 2 N–H and O–H groups in total. The van der Waals surface area contributed by atoms with Crippen LogP contribution in [0.5, 0.6) is 0 Å². The molecule has 1 aromatic heterocycles. The molecule has 3 heteroatoms. The van der Waals surface area contributed by atoms with E-state index in [1.165, 1.54) is 16.7 Å². The van der Waals surface area contributed by atoms with Crippen LogP contribution in [-0.2, 0) is 6.42 Å². The first kappa shape index (κ1) is 16.7. The van der Waals surface area contributed by atoms with Crippen LogP contribution in [0.4, 0.5) is 5.82 Å². The predicted octanol–water partition coefficient (Wildman–Crippen LogP) is 5.05. The highest BCUT2D eigenvalue weighted by atomic mass is 14.8. The van der Waals surface area contributed by atoms with Crippen molar-refractivity contribution >= 4 is 5.82 Å². The average molecular weight is 327 g/mol. The fourth-order valence-electron chi connectivity index (χ4n) is 2.88. The second kappa shape index (κ2) is 6.78. The number of hydrogen-bond donors (Lipinski definition) is 1. The molecule has 1 heterocycles. The third kappa shape index (κ3) is 3.25. The van der Waals surface area contributed by atoms with Crippen LogP contribution in [-0.4, -0.2) is 4.98 Å². The second-order valence-electron chi connectivity index (χ2n) is 6.28. The van der Waals surface area contributed by atoms with Crippen LogP contribution < -0.4 is 5.73 Å². The molecule has 0 aliphatic heterocycles. The Morgan fingerprint density at radius 1 is 0.960 bits per heavy atom. The van der Waals surface area contributed by atoms with Gasteiger partial charge >= 0.3 is 0 Å². The molecule has 0 spiro atoms. The maximum absolute atomic E-state index is 9.53. The fraction of sp³-hybridized carbons (Fsp3) is 0.182. The summed E-state index contributed by atoms with van der Waals surface area (Å²) in [4.78, 5) is 4.46. The molecule has 124 valence electrons. The minimum Gasteiger partial charge on any atom is -0.383 e. The quantitative estimate of drug-likeness (QED) is 0.732. The van der Waals surface area contributed by atoms with Crippen molar-refractivity contribution in [3.05, 3.63) is 70.8 Å². The summed E-state index contributed by atoms with van der Waals surface area (Å²) in [5.74, 6) is 0.271. The van der Waals surface area contributed by atoms with Gasteiger partial charge in [0.05, 0.1) is 5.69 Å². The van der Waals surface area contributed by atoms with Crippen molar-refractivity contribution in [1.29, 1.82) is 5.26 Å². The van der Waals surface area contributed by atoms with E-state index in [9.17, 15) is 5.26 Å². The Morgan fingerprint density at radius 3 is 2.24 bits per heavy atom. The summed E-state index contributed by atoms with van der Waals surface area (Å²) in [5.41, 5.74) is 13.8. The van der Waals surface area contributed by atoms with E-state index < -0.39 is 0 Å². The number of benzene rings is 2. The van der Waals surface area contributed by atoms with E-state index in [1.54, 1.807) is 0 Å². The number of hydrogen-bond acceptors (Lipinski definition) is 3. The van der Waals surface area contributed by atoms with Crippen LogP contribution in [0.1, 0.15) is 29.2 Å². The highest BCUT2D eigenvalue weighted by Crippen LogP contribution is 2.32. The molecule has 0 amide bonds. The molecular weight excluding hydrogens is 306 g/mol. The topological polar surface area (TPSA) is 62.7 Å². The maximum Gasteiger partial charge on any atom is 0.142 e. The van der Waals surface area contributed by atoms with Crippen molar-refractivity contribution in [2.75, 3.05) is 5.73 Å². The molecule has 0 saturated carbocycles. The number of nitriles is 1. The molecule has 0 atom stereocenters. The summed E-state index contributed by atoms with van der Waals surface area (Å²) in [5, 5.41) is 9.53. The van der Waals surface area contributed by atoms with Gasteiger partial charge in [-0.15, -0.1) is 0 Å². The Hall–Kier alpha value is -3.12. The molecule has 0 aliphatic carbocycles. The van der Waals surface area contributed by atoms with Crippen LogP contribution >= 0.6 is 0 Å². The van der Waals surface area contributed by atoms with E-state index in [1.807, 2.05) is 24.3 Å². The Kier molecular flexibility index (Phi) is 4.54. The van der Waals surface area contributed by atoms with Gasteiger partial charge in [-0.3, -0.25) is 0 Å². The molecule has 3 rings (SSSR count). The lowest BCUT2D eigenvalue weighted by Crippen LogP contribution is -2.00. The normalized spacial score (nSPS) is 10.5. The summed E-state index contributed by atoms with van der Waals surface area (Å²) in [6.45, 7) is 6.29. The first-order valence-corrected chi connectivity index (χ1v) is 8.41. The summed E-state index contributed by atoms with van der Waals surface area (Å²) in [7, 11) is 0. The lowest BCUT2D eigenvalue weighted by atomic mass is 9.96. The van der Waals surface area contributed by atoms with E-state index >= 15 is 0 Å². The van der Waals surface area contributed by atoms with Gasteiger partial charge in [-0.05, 0) is 54.7 Å².